The van der Waals surface area contributed by atoms with Crippen LogP contribution in [0.15, 0.2) is 0 Å². The second-order valence-corrected chi connectivity index (χ2v) is 4.20. The lowest BCUT2D eigenvalue weighted by atomic mass is 10.0. The Morgan fingerprint density at radius 2 is 2.00 bits per heavy atom. The van der Waals surface area contributed by atoms with Gasteiger partial charge in [-0.05, 0) is 12.8 Å². The lowest BCUT2D eigenvalue weighted by molar-refractivity contribution is 0.193. The highest BCUT2D eigenvalue weighted by molar-refractivity contribution is 9.10. The number of carbonyl (C=O) groups is 1. The predicted octanol–water partition coefficient (Wildman–Crippen LogP) is 2.21. The molecule has 66 valence electrons. The second-order valence-electron chi connectivity index (χ2n) is 2.52. The molecule has 11 heavy (non-hydrogen) atoms. The standard InChI is InChI=1S/C7H14BrNO2/c1-3-7(8,4-2)5-9-6(10)11/h9H,3-5H2,1-2H3,(H,10,11). The summed E-state index contributed by atoms with van der Waals surface area (Å²) in [4.78, 5) is 10.1. The van der Waals surface area contributed by atoms with Gasteiger partial charge in [-0.3, -0.25) is 0 Å². The van der Waals surface area contributed by atoms with Crippen LogP contribution in [0.25, 0.3) is 0 Å². The van der Waals surface area contributed by atoms with Crippen molar-refractivity contribution >= 4 is 22.0 Å². The molecule has 0 rings (SSSR count). The molecule has 2 N–H and O–H groups in total. The van der Waals surface area contributed by atoms with Gasteiger partial charge in [-0.2, -0.15) is 0 Å². The molecule has 0 spiro atoms. The average Bonchev–Trinajstić information content (AvgIpc) is 2.00. The fourth-order valence-electron chi connectivity index (χ4n) is 0.734. The molecule has 0 aromatic rings. The van der Waals surface area contributed by atoms with E-state index in [9.17, 15) is 4.79 Å². The molecule has 0 saturated carbocycles. The number of alkyl halides is 1. The van der Waals surface area contributed by atoms with E-state index < -0.39 is 6.09 Å². The number of hydrogen-bond acceptors (Lipinski definition) is 1. The maximum atomic E-state index is 10.1. The molecule has 0 heterocycles. The molecule has 4 heteroatoms. The fourth-order valence-corrected chi connectivity index (χ4v) is 0.874. The molecule has 0 unspecified atom stereocenters. The summed E-state index contributed by atoms with van der Waals surface area (Å²) in [5.74, 6) is 0. The molecule has 0 aliphatic rings. The van der Waals surface area contributed by atoms with Crippen LogP contribution in [0.4, 0.5) is 4.79 Å². The number of rotatable bonds is 4. The van der Waals surface area contributed by atoms with Gasteiger partial charge in [0, 0.05) is 10.9 Å². The van der Waals surface area contributed by atoms with Crippen LogP contribution in [0.1, 0.15) is 26.7 Å². The van der Waals surface area contributed by atoms with Crippen molar-refractivity contribution in [3.63, 3.8) is 0 Å². The second kappa shape index (κ2) is 4.59. The van der Waals surface area contributed by atoms with Crippen molar-refractivity contribution in [2.75, 3.05) is 6.54 Å². The van der Waals surface area contributed by atoms with Crippen LogP contribution >= 0.6 is 15.9 Å². The Hall–Kier alpha value is -0.250. The number of halogens is 1. The summed E-state index contributed by atoms with van der Waals surface area (Å²) in [5.41, 5.74) is 0. The van der Waals surface area contributed by atoms with Crippen LogP contribution in [-0.4, -0.2) is 22.1 Å². The zero-order valence-electron chi connectivity index (χ0n) is 6.85. The summed E-state index contributed by atoms with van der Waals surface area (Å²) in [5, 5.41) is 10.7. The van der Waals surface area contributed by atoms with E-state index in [1.165, 1.54) is 0 Å². The first kappa shape index (κ1) is 10.8. The lowest BCUT2D eigenvalue weighted by Gasteiger charge is -2.23. The molecule has 0 atom stereocenters. The predicted molar refractivity (Wildman–Crippen MR) is 48.3 cm³/mol. The highest BCUT2D eigenvalue weighted by atomic mass is 79.9. The Bertz CT molecular complexity index is 134. The quantitative estimate of drug-likeness (QED) is 0.719. The van der Waals surface area contributed by atoms with E-state index >= 15 is 0 Å². The Labute approximate surface area is 75.3 Å². The normalized spacial score (nSPS) is 11.2. The number of amides is 1. The molecule has 3 nitrogen and oxygen atoms in total. The van der Waals surface area contributed by atoms with E-state index in [2.05, 4.69) is 21.2 Å². The average molecular weight is 224 g/mol. The van der Waals surface area contributed by atoms with Crippen LogP contribution in [0.2, 0.25) is 0 Å². The van der Waals surface area contributed by atoms with Gasteiger partial charge in [0.05, 0.1) is 0 Å². The molecule has 0 aromatic heterocycles. The molecular formula is C7H14BrNO2. The van der Waals surface area contributed by atoms with Crippen molar-refractivity contribution in [2.45, 2.75) is 31.0 Å². The van der Waals surface area contributed by atoms with Crippen LogP contribution < -0.4 is 5.32 Å². The van der Waals surface area contributed by atoms with Gasteiger partial charge in [-0.15, -0.1) is 0 Å². The maximum absolute atomic E-state index is 10.1. The third-order valence-electron chi connectivity index (χ3n) is 1.82. The van der Waals surface area contributed by atoms with Crippen molar-refractivity contribution in [3.8, 4) is 0 Å². The smallest absolute Gasteiger partial charge is 0.404 e. The van der Waals surface area contributed by atoms with Gasteiger partial charge < -0.3 is 10.4 Å². The molecule has 0 saturated heterocycles. The summed E-state index contributed by atoms with van der Waals surface area (Å²) in [7, 11) is 0. The van der Waals surface area contributed by atoms with Gasteiger partial charge >= 0.3 is 6.09 Å². The molecule has 1 amide bonds. The minimum absolute atomic E-state index is 0.0641. The summed E-state index contributed by atoms with van der Waals surface area (Å²) in [6, 6.07) is 0. The van der Waals surface area contributed by atoms with Crippen molar-refractivity contribution in [2.24, 2.45) is 0 Å². The fraction of sp³-hybridized carbons (Fsp3) is 0.857. The SMILES string of the molecule is CCC(Br)(CC)CNC(=O)O. The van der Waals surface area contributed by atoms with E-state index in [-0.39, 0.29) is 4.32 Å². The minimum Gasteiger partial charge on any atom is -0.465 e. The van der Waals surface area contributed by atoms with Crippen molar-refractivity contribution in [1.82, 2.24) is 5.32 Å². The molecule has 0 aromatic carbocycles. The summed E-state index contributed by atoms with van der Waals surface area (Å²) < 4.78 is -0.0641. The van der Waals surface area contributed by atoms with Crippen molar-refractivity contribution in [3.05, 3.63) is 0 Å². The van der Waals surface area contributed by atoms with E-state index in [0.29, 0.717) is 6.54 Å². The van der Waals surface area contributed by atoms with Gasteiger partial charge in [0.15, 0.2) is 0 Å². The first-order valence-corrected chi connectivity index (χ1v) is 4.49. The molecule has 0 aliphatic carbocycles. The first-order chi connectivity index (χ1) is 5.04. The van der Waals surface area contributed by atoms with Crippen LogP contribution in [0.5, 0.6) is 0 Å². The Morgan fingerprint density at radius 3 is 2.27 bits per heavy atom. The summed E-state index contributed by atoms with van der Waals surface area (Å²) in [6.07, 6.45) is 0.879. The van der Waals surface area contributed by atoms with E-state index in [1.54, 1.807) is 0 Å². The summed E-state index contributed by atoms with van der Waals surface area (Å²) >= 11 is 3.49. The lowest BCUT2D eigenvalue weighted by Crippen LogP contribution is -2.36. The Kier molecular flexibility index (Phi) is 4.49. The molecular weight excluding hydrogens is 210 g/mol. The van der Waals surface area contributed by atoms with Crippen molar-refractivity contribution in [1.29, 1.82) is 0 Å². The Balaban J connectivity index is 3.78. The van der Waals surface area contributed by atoms with Crippen LogP contribution in [0, 0.1) is 0 Å². The Morgan fingerprint density at radius 1 is 1.55 bits per heavy atom. The highest BCUT2D eigenvalue weighted by Crippen LogP contribution is 2.24. The highest BCUT2D eigenvalue weighted by Gasteiger charge is 2.22. The molecule has 0 bridgehead atoms. The molecule has 0 radical (unpaired) electrons. The van der Waals surface area contributed by atoms with Gasteiger partial charge in [0.25, 0.3) is 0 Å². The van der Waals surface area contributed by atoms with Crippen LogP contribution in [-0.2, 0) is 0 Å². The van der Waals surface area contributed by atoms with Gasteiger partial charge in [-0.1, -0.05) is 29.8 Å². The zero-order valence-corrected chi connectivity index (χ0v) is 8.44. The van der Waals surface area contributed by atoms with Crippen molar-refractivity contribution < 1.29 is 9.90 Å². The zero-order chi connectivity index (χ0) is 8.91. The monoisotopic (exact) mass is 223 g/mol. The third-order valence-corrected chi connectivity index (χ3v) is 3.23. The van der Waals surface area contributed by atoms with E-state index in [4.69, 9.17) is 5.11 Å². The van der Waals surface area contributed by atoms with Gasteiger partial charge in [0.1, 0.15) is 0 Å². The van der Waals surface area contributed by atoms with Crippen LogP contribution in [0.3, 0.4) is 0 Å². The number of hydrogen-bond donors (Lipinski definition) is 2. The topological polar surface area (TPSA) is 49.3 Å². The van der Waals surface area contributed by atoms with E-state index in [0.717, 1.165) is 12.8 Å². The molecule has 0 aliphatic heterocycles. The molecule has 0 fully saturated rings. The minimum atomic E-state index is -0.962. The van der Waals surface area contributed by atoms with Gasteiger partial charge in [0.2, 0.25) is 0 Å². The van der Waals surface area contributed by atoms with Gasteiger partial charge in [-0.25, -0.2) is 4.79 Å². The largest absolute Gasteiger partial charge is 0.465 e. The summed E-state index contributed by atoms with van der Waals surface area (Å²) in [6.45, 7) is 4.53. The third kappa shape index (κ3) is 4.24. The van der Waals surface area contributed by atoms with E-state index in [1.807, 2.05) is 13.8 Å². The maximum Gasteiger partial charge on any atom is 0.404 e. The number of carboxylic acid groups (broad SMARTS) is 1. The number of nitrogens with one attached hydrogen (secondary N) is 1. The first-order valence-electron chi connectivity index (χ1n) is 3.70.